The van der Waals surface area contributed by atoms with Crippen LogP contribution in [0.3, 0.4) is 0 Å². The number of ketones is 1. The Morgan fingerprint density at radius 2 is 2.18 bits per heavy atom. The quantitative estimate of drug-likeness (QED) is 0.795. The Kier molecular flexibility index (Phi) is 3.91. The van der Waals surface area contributed by atoms with E-state index in [-0.39, 0.29) is 22.3 Å². The molecule has 1 saturated heterocycles. The van der Waals surface area contributed by atoms with Crippen LogP contribution in [0.1, 0.15) is 29.8 Å². The molecule has 3 N–H and O–H groups in total. The summed E-state index contributed by atoms with van der Waals surface area (Å²) in [5.74, 6) is 0.530. The largest absolute Gasteiger partial charge is 0.382 e. The molecule has 5 nitrogen and oxygen atoms in total. The molecule has 0 saturated carbocycles. The highest BCUT2D eigenvalue weighted by molar-refractivity contribution is 6.35. The molecule has 0 amide bonds. The van der Waals surface area contributed by atoms with Crippen molar-refractivity contribution in [2.45, 2.75) is 19.3 Å². The topological polar surface area (TPSA) is 80.9 Å². The van der Waals surface area contributed by atoms with Crippen molar-refractivity contribution in [3.63, 3.8) is 0 Å². The van der Waals surface area contributed by atoms with E-state index in [9.17, 15) is 4.79 Å². The maximum absolute atomic E-state index is 12.0. The third-order valence-corrected chi connectivity index (χ3v) is 3.39. The zero-order valence-electron chi connectivity index (χ0n) is 9.45. The van der Waals surface area contributed by atoms with Gasteiger partial charge < -0.3 is 11.1 Å². The Labute approximate surface area is 105 Å². The van der Waals surface area contributed by atoms with Crippen LogP contribution in [0.2, 0.25) is 5.02 Å². The highest BCUT2D eigenvalue weighted by atomic mass is 35.5. The fourth-order valence-corrected chi connectivity index (χ4v) is 2.23. The van der Waals surface area contributed by atoms with E-state index in [4.69, 9.17) is 17.3 Å². The summed E-state index contributed by atoms with van der Waals surface area (Å²) in [6.07, 6.45) is 3.79. The number of Topliss-reactive ketones (excluding diaryl/α,β-unsaturated/α-hetero) is 1. The highest BCUT2D eigenvalue weighted by Crippen LogP contribution is 2.23. The zero-order valence-corrected chi connectivity index (χ0v) is 10.2. The number of nitrogens with two attached hydrogens (primary N) is 1. The fraction of sp³-hybridized carbons (Fsp3) is 0.545. The standard InChI is InChI=1S/C11H15ClN4O/c12-9-10(15-6-16-11(9)13)8(17)5-7-1-3-14-4-2-7/h6-7,14H,1-5H2,(H2,13,15,16). The molecule has 0 atom stereocenters. The number of carbonyl (C=O) groups excluding carboxylic acids is 1. The molecule has 17 heavy (non-hydrogen) atoms. The Morgan fingerprint density at radius 1 is 1.47 bits per heavy atom. The lowest BCUT2D eigenvalue weighted by Gasteiger charge is -2.21. The number of aromatic nitrogens is 2. The van der Waals surface area contributed by atoms with Gasteiger partial charge in [0.1, 0.15) is 22.9 Å². The summed E-state index contributed by atoms with van der Waals surface area (Å²) in [5, 5.41) is 3.44. The number of nitrogens with one attached hydrogen (secondary N) is 1. The first-order valence-corrected chi connectivity index (χ1v) is 6.06. The molecule has 0 aliphatic carbocycles. The van der Waals surface area contributed by atoms with E-state index in [2.05, 4.69) is 15.3 Å². The van der Waals surface area contributed by atoms with Gasteiger partial charge >= 0.3 is 0 Å². The summed E-state index contributed by atoms with van der Waals surface area (Å²) >= 11 is 5.92. The second kappa shape index (κ2) is 5.42. The van der Waals surface area contributed by atoms with Crippen molar-refractivity contribution in [2.75, 3.05) is 18.8 Å². The third kappa shape index (κ3) is 2.92. The Morgan fingerprint density at radius 3 is 2.88 bits per heavy atom. The molecule has 1 aromatic heterocycles. The second-order valence-corrected chi connectivity index (χ2v) is 4.62. The molecule has 0 unspecified atom stereocenters. The lowest BCUT2D eigenvalue weighted by atomic mass is 9.92. The summed E-state index contributed by atoms with van der Waals surface area (Å²) in [6, 6.07) is 0. The van der Waals surface area contributed by atoms with Crippen molar-refractivity contribution >= 4 is 23.2 Å². The average Bonchev–Trinajstić information content (AvgIpc) is 2.34. The Balaban J connectivity index is 2.06. The maximum atomic E-state index is 12.0. The first-order chi connectivity index (χ1) is 8.18. The van der Waals surface area contributed by atoms with Crippen LogP contribution in [-0.2, 0) is 0 Å². The van der Waals surface area contributed by atoms with Crippen molar-refractivity contribution < 1.29 is 4.79 Å². The summed E-state index contributed by atoms with van der Waals surface area (Å²) in [4.78, 5) is 19.7. The molecule has 1 aliphatic rings. The normalized spacial score (nSPS) is 17.0. The molecule has 1 aromatic rings. The first kappa shape index (κ1) is 12.3. The monoisotopic (exact) mass is 254 g/mol. The molecular weight excluding hydrogens is 240 g/mol. The van der Waals surface area contributed by atoms with Crippen molar-refractivity contribution in [1.29, 1.82) is 0 Å². The smallest absolute Gasteiger partial charge is 0.183 e. The van der Waals surface area contributed by atoms with E-state index in [0.717, 1.165) is 25.9 Å². The average molecular weight is 255 g/mol. The van der Waals surface area contributed by atoms with Gasteiger partial charge in [-0.2, -0.15) is 0 Å². The Hall–Kier alpha value is -1.20. The molecule has 2 rings (SSSR count). The number of piperidine rings is 1. The lowest BCUT2D eigenvalue weighted by molar-refractivity contribution is 0.0947. The molecule has 1 aliphatic heterocycles. The van der Waals surface area contributed by atoms with Crippen LogP contribution in [0.15, 0.2) is 6.33 Å². The van der Waals surface area contributed by atoms with E-state index in [1.165, 1.54) is 6.33 Å². The van der Waals surface area contributed by atoms with Gasteiger partial charge in [-0.15, -0.1) is 0 Å². The van der Waals surface area contributed by atoms with Crippen LogP contribution in [0.4, 0.5) is 5.82 Å². The summed E-state index contributed by atoms with van der Waals surface area (Å²) < 4.78 is 0. The van der Waals surface area contributed by atoms with Crippen LogP contribution in [0, 0.1) is 5.92 Å². The number of rotatable bonds is 3. The number of nitrogen functional groups attached to an aromatic ring is 1. The van der Waals surface area contributed by atoms with E-state index in [0.29, 0.717) is 12.3 Å². The number of hydrogen-bond donors (Lipinski definition) is 2. The molecule has 92 valence electrons. The molecule has 0 aromatic carbocycles. The number of halogens is 1. The van der Waals surface area contributed by atoms with Gasteiger partial charge in [0.05, 0.1) is 0 Å². The molecule has 2 heterocycles. The lowest BCUT2D eigenvalue weighted by Crippen LogP contribution is -2.29. The summed E-state index contributed by atoms with van der Waals surface area (Å²) in [7, 11) is 0. The summed E-state index contributed by atoms with van der Waals surface area (Å²) in [5.41, 5.74) is 5.79. The van der Waals surface area contributed by atoms with Gasteiger partial charge in [-0.05, 0) is 31.8 Å². The van der Waals surface area contributed by atoms with Crippen molar-refractivity contribution in [2.24, 2.45) is 5.92 Å². The van der Waals surface area contributed by atoms with E-state index in [1.807, 2.05) is 0 Å². The molecule has 1 fully saturated rings. The molecule has 0 bridgehead atoms. The van der Waals surface area contributed by atoms with Crippen molar-refractivity contribution in [3.8, 4) is 0 Å². The van der Waals surface area contributed by atoms with Gasteiger partial charge in [-0.25, -0.2) is 9.97 Å². The van der Waals surface area contributed by atoms with E-state index in [1.54, 1.807) is 0 Å². The van der Waals surface area contributed by atoms with E-state index < -0.39 is 0 Å². The van der Waals surface area contributed by atoms with Gasteiger partial charge in [-0.3, -0.25) is 4.79 Å². The fourth-order valence-electron chi connectivity index (χ4n) is 2.02. The van der Waals surface area contributed by atoms with E-state index >= 15 is 0 Å². The minimum atomic E-state index is -0.0454. The van der Waals surface area contributed by atoms with Crippen LogP contribution >= 0.6 is 11.6 Å². The van der Waals surface area contributed by atoms with Crippen molar-refractivity contribution in [3.05, 3.63) is 17.0 Å². The number of carbonyl (C=O) groups is 1. The van der Waals surface area contributed by atoms with Gasteiger partial charge in [0.25, 0.3) is 0 Å². The minimum absolute atomic E-state index is 0.0454. The van der Waals surface area contributed by atoms with Crippen LogP contribution < -0.4 is 11.1 Å². The molecular formula is C11H15ClN4O. The maximum Gasteiger partial charge on any atom is 0.183 e. The predicted molar refractivity (Wildman–Crippen MR) is 66.0 cm³/mol. The number of nitrogens with zero attached hydrogens (tertiary/aromatic N) is 2. The summed E-state index contributed by atoms with van der Waals surface area (Å²) in [6.45, 7) is 1.94. The van der Waals surface area contributed by atoms with Gasteiger partial charge in [-0.1, -0.05) is 11.6 Å². The number of hydrogen-bond acceptors (Lipinski definition) is 5. The first-order valence-electron chi connectivity index (χ1n) is 5.68. The number of anilines is 1. The molecule has 0 radical (unpaired) electrons. The van der Waals surface area contributed by atoms with Crippen molar-refractivity contribution in [1.82, 2.24) is 15.3 Å². The van der Waals surface area contributed by atoms with Gasteiger partial charge in [0, 0.05) is 6.42 Å². The van der Waals surface area contributed by atoms with Crippen LogP contribution in [0.25, 0.3) is 0 Å². The zero-order chi connectivity index (χ0) is 12.3. The highest BCUT2D eigenvalue weighted by Gasteiger charge is 2.21. The second-order valence-electron chi connectivity index (χ2n) is 4.24. The molecule has 0 spiro atoms. The van der Waals surface area contributed by atoms with Crippen LogP contribution in [0.5, 0.6) is 0 Å². The SMILES string of the molecule is Nc1ncnc(C(=O)CC2CCNCC2)c1Cl. The molecule has 6 heteroatoms. The minimum Gasteiger partial charge on any atom is -0.382 e. The van der Waals surface area contributed by atoms with Crippen LogP contribution in [-0.4, -0.2) is 28.8 Å². The third-order valence-electron chi connectivity index (χ3n) is 3.01. The Bertz CT molecular complexity index is 418. The van der Waals surface area contributed by atoms with Gasteiger partial charge in [0.15, 0.2) is 5.78 Å². The predicted octanol–water partition coefficient (Wildman–Crippen LogP) is 1.28. The van der Waals surface area contributed by atoms with Gasteiger partial charge in [0.2, 0.25) is 0 Å².